The summed E-state index contributed by atoms with van der Waals surface area (Å²) in [6.07, 6.45) is -32.2. The highest BCUT2D eigenvalue weighted by molar-refractivity contribution is 6.13. The molecule has 2 aromatic heterocycles. The Balaban J connectivity index is 1.37. The molecule has 0 unspecified atom stereocenters. The Kier molecular flexibility index (Phi) is 11.6. The van der Waals surface area contributed by atoms with E-state index in [1.165, 1.54) is 65.2 Å². The van der Waals surface area contributed by atoms with E-state index in [-0.39, 0.29) is 67.2 Å². The summed E-state index contributed by atoms with van der Waals surface area (Å²) in [6.45, 7) is 0. The molecule has 21 heteroatoms. The van der Waals surface area contributed by atoms with Crippen LogP contribution in [-0.4, -0.2) is 9.13 Å². The predicted molar refractivity (Wildman–Crippen MR) is 246 cm³/mol. The minimum Gasteiger partial charge on any atom is -0.308 e. The second-order valence-electron chi connectivity index (χ2n) is 17.4. The van der Waals surface area contributed by atoms with Crippen LogP contribution in [0.25, 0.3) is 88.4 Å². The summed E-state index contributed by atoms with van der Waals surface area (Å²) >= 11 is 0. The van der Waals surface area contributed by atoms with Crippen LogP contribution in [0.15, 0.2) is 152 Å². The van der Waals surface area contributed by atoms with Crippen molar-refractivity contribution in [2.45, 2.75) is 37.1 Å². The van der Waals surface area contributed by atoms with Crippen LogP contribution < -0.4 is 0 Å². The molecule has 0 N–H and O–H groups in total. The van der Waals surface area contributed by atoms with Crippen LogP contribution >= 0.6 is 0 Å². The highest BCUT2D eigenvalue weighted by Crippen LogP contribution is 2.50. The molecule has 0 saturated carbocycles. The lowest BCUT2D eigenvalue weighted by molar-refractivity contribution is -0.144. The van der Waals surface area contributed by atoms with Crippen molar-refractivity contribution in [2.24, 2.45) is 0 Å². The zero-order valence-corrected chi connectivity index (χ0v) is 37.6. The van der Waals surface area contributed by atoms with Crippen LogP contribution in [0.4, 0.5) is 79.0 Å². The Labute approximate surface area is 414 Å². The number of para-hydroxylation sites is 2. The van der Waals surface area contributed by atoms with E-state index in [4.69, 9.17) is 0 Å². The van der Waals surface area contributed by atoms with Gasteiger partial charge in [0.1, 0.15) is 11.6 Å². The van der Waals surface area contributed by atoms with Crippen LogP contribution in [0.3, 0.4) is 0 Å². The van der Waals surface area contributed by atoms with Gasteiger partial charge >= 0.3 is 37.1 Å². The van der Waals surface area contributed by atoms with E-state index in [2.05, 4.69) is 0 Å². The third-order valence-electron chi connectivity index (χ3n) is 12.9. The quantitative estimate of drug-likeness (QED) is 0.158. The number of hydrogen-bond acceptors (Lipinski definition) is 1. The molecule has 0 amide bonds. The second-order valence-corrected chi connectivity index (χ2v) is 17.4. The number of aromatic nitrogens is 2. The van der Waals surface area contributed by atoms with Gasteiger partial charge in [-0.3, -0.25) is 0 Å². The van der Waals surface area contributed by atoms with E-state index in [1.54, 1.807) is 12.1 Å². The molecule has 0 bridgehead atoms. The van der Waals surface area contributed by atoms with Gasteiger partial charge in [0.15, 0.2) is 0 Å². The molecule has 2 heterocycles. The SMILES string of the molecule is N#Cc1c(-n2c3ccccc3c3ccc(-c4cc(C(F)(F)F)cc(C(F)(F)F)c4)cc32)ccc(-c2c(C(F)(F)F)cccc2C(F)(F)F)c1-n1c2ccccc2c2ccc(-c3cc(C(F)(F)F)cc(C(F)(F)F)c3)cc21. The first-order chi connectivity index (χ1) is 35.4. The molecular formula is C55H25F18N3. The fourth-order valence-corrected chi connectivity index (χ4v) is 9.67. The zero-order chi connectivity index (χ0) is 54.8. The number of alkyl halides is 18. The number of nitriles is 1. The standard InChI is InChI=1S/C55H25F18N3/c56-50(57,58)31-18-29(19-32(24-31)51(59,60)61)27-12-14-37-35-6-1-3-10-43(35)75(46(37)22-27)45-17-16-39(48-41(54(68,69)70)8-5-9-42(48)55(71,72)73)49(40(45)26-74)76-44-11-4-2-7-36(44)38-15-13-28(23-47(38)76)30-20-33(52(62,63)64)25-34(21-30)53(65,66)67/h1-25H. The Morgan fingerprint density at radius 3 is 1.11 bits per heavy atom. The summed E-state index contributed by atoms with van der Waals surface area (Å²) in [5.74, 6) is 0. The van der Waals surface area contributed by atoms with E-state index in [0.29, 0.717) is 47.9 Å². The Bertz CT molecular complexity index is 3940. The highest BCUT2D eigenvalue weighted by Gasteiger charge is 2.43. The first-order valence-electron chi connectivity index (χ1n) is 22.0. The minimum atomic E-state index is -5.54. The Hall–Kier alpha value is -8.41. The molecule has 0 aliphatic rings. The molecule has 0 spiro atoms. The molecule has 0 aliphatic carbocycles. The summed E-state index contributed by atoms with van der Waals surface area (Å²) in [4.78, 5) is 0. The molecule has 0 atom stereocenters. The van der Waals surface area contributed by atoms with Crippen molar-refractivity contribution in [3.8, 4) is 50.8 Å². The van der Waals surface area contributed by atoms with E-state index in [0.717, 1.165) is 28.8 Å². The van der Waals surface area contributed by atoms with Gasteiger partial charge in [-0.25, -0.2) is 0 Å². The van der Waals surface area contributed by atoms with E-state index >= 15 is 26.3 Å². The molecule has 10 rings (SSSR count). The van der Waals surface area contributed by atoms with Crippen molar-refractivity contribution in [3.05, 3.63) is 191 Å². The average Bonchev–Trinajstić information content (AvgIpc) is 3.90. The maximum absolute atomic E-state index is 15.2. The van der Waals surface area contributed by atoms with Crippen LogP contribution in [-0.2, 0) is 37.1 Å². The summed E-state index contributed by atoms with van der Waals surface area (Å²) in [6, 6.07) is 25.4. The first kappa shape index (κ1) is 51.1. The Morgan fingerprint density at radius 2 is 0.711 bits per heavy atom. The molecule has 386 valence electrons. The van der Waals surface area contributed by atoms with Crippen molar-refractivity contribution in [3.63, 3.8) is 0 Å². The molecule has 3 nitrogen and oxygen atoms in total. The smallest absolute Gasteiger partial charge is 0.308 e. The molecule has 0 fully saturated rings. The fraction of sp³-hybridized carbons (Fsp3) is 0.109. The van der Waals surface area contributed by atoms with Gasteiger partial charge in [0.2, 0.25) is 0 Å². The third-order valence-corrected chi connectivity index (χ3v) is 12.9. The zero-order valence-electron chi connectivity index (χ0n) is 37.6. The van der Waals surface area contributed by atoms with Crippen molar-refractivity contribution in [1.82, 2.24) is 9.13 Å². The normalized spacial score (nSPS) is 13.1. The van der Waals surface area contributed by atoms with Gasteiger partial charge in [-0.1, -0.05) is 72.8 Å². The van der Waals surface area contributed by atoms with E-state index in [1.807, 2.05) is 6.07 Å². The van der Waals surface area contributed by atoms with Crippen molar-refractivity contribution in [1.29, 1.82) is 5.26 Å². The number of hydrogen-bond donors (Lipinski definition) is 0. The maximum atomic E-state index is 15.2. The largest absolute Gasteiger partial charge is 0.417 e. The summed E-state index contributed by atoms with van der Waals surface area (Å²) in [5.41, 5.74) is -16.6. The van der Waals surface area contributed by atoms with Gasteiger partial charge in [0.05, 0.1) is 66.8 Å². The highest BCUT2D eigenvalue weighted by atomic mass is 19.4. The summed E-state index contributed by atoms with van der Waals surface area (Å²) in [7, 11) is 0. The van der Waals surface area contributed by atoms with Crippen LogP contribution in [0, 0.1) is 11.3 Å². The number of rotatable bonds is 5. The molecule has 76 heavy (non-hydrogen) atoms. The minimum absolute atomic E-state index is 0.0407. The maximum Gasteiger partial charge on any atom is 0.417 e. The number of fused-ring (bicyclic) bond motifs is 6. The Morgan fingerprint density at radius 1 is 0.329 bits per heavy atom. The van der Waals surface area contributed by atoms with Crippen molar-refractivity contribution >= 4 is 43.6 Å². The molecule has 0 aliphatic heterocycles. The van der Waals surface area contributed by atoms with Crippen LogP contribution in [0.2, 0.25) is 0 Å². The van der Waals surface area contributed by atoms with Gasteiger partial charge in [0, 0.05) is 32.7 Å². The number of benzene rings is 8. The lowest BCUT2D eigenvalue weighted by Gasteiger charge is -2.24. The van der Waals surface area contributed by atoms with E-state index in [9.17, 15) is 57.9 Å². The predicted octanol–water partition coefficient (Wildman–Crippen LogP) is 18.9. The van der Waals surface area contributed by atoms with Gasteiger partial charge in [0.25, 0.3) is 0 Å². The third kappa shape index (κ3) is 8.77. The van der Waals surface area contributed by atoms with Crippen molar-refractivity contribution < 1.29 is 79.0 Å². The lowest BCUT2D eigenvalue weighted by Crippen LogP contribution is -2.16. The topological polar surface area (TPSA) is 33.6 Å². The molecule has 0 saturated heterocycles. The van der Waals surface area contributed by atoms with Gasteiger partial charge in [-0.15, -0.1) is 0 Å². The summed E-state index contributed by atoms with van der Waals surface area (Å²) in [5, 5.41) is 12.3. The average molecular weight is 1070 g/mol. The van der Waals surface area contributed by atoms with Gasteiger partial charge in [-0.05, 0) is 101 Å². The molecule has 8 aromatic carbocycles. The number of nitrogens with zero attached hydrogens (tertiary/aromatic N) is 3. The molecule has 10 aromatic rings. The van der Waals surface area contributed by atoms with Crippen LogP contribution in [0.1, 0.15) is 38.9 Å². The van der Waals surface area contributed by atoms with Crippen molar-refractivity contribution in [2.75, 3.05) is 0 Å². The van der Waals surface area contributed by atoms with Gasteiger partial charge in [-0.2, -0.15) is 84.3 Å². The molecular weight excluding hydrogens is 1040 g/mol. The number of halogens is 18. The van der Waals surface area contributed by atoms with Gasteiger partial charge < -0.3 is 9.13 Å². The fourth-order valence-electron chi connectivity index (χ4n) is 9.67. The van der Waals surface area contributed by atoms with E-state index < -0.39 is 104 Å². The molecule has 0 radical (unpaired) electrons. The second kappa shape index (κ2) is 17.3. The monoisotopic (exact) mass is 1070 g/mol. The lowest BCUT2D eigenvalue weighted by atomic mass is 9.90. The summed E-state index contributed by atoms with van der Waals surface area (Å²) < 4.78 is 263. The first-order valence-corrected chi connectivity index (χ1v) is 22.0. The van der Waals surface area contributed by atoms with Crippen LogP contribution in [0.5, 0.6) is 0 Å².